The van der Waals surface area contributed by atoms with Gasteiger partial charge in [-0.3, -0.25) is 4.79 Å². The fraction of sp³-hybridized carbons (Fsp3) is 0.417. The van der Waals surface area contributed by atoms with Crippen LogP contribution in [0.4, 0.5) is 10.1 Å². The molecule has 0 aromatic heterocycles. The summed E-state index contributed by atoms with van der Waals surface area (Å²) in [6.45, 7) is 3.86. The molecule has 1 N–H and O–H groups in total. The first kappa shape index (κ1) is 13.8. The van der Waals surface area contributed by atoms with Gasteiger partial charge in [0.15, 0.2) is 0 Å². The molecule has 0 radical (unpaired) electrons. The standard InChI is InChI=1S/C12H15ClFNO2/c1-12(2,11(16)17-3)7-15-10-5-4-8(14)6-9(10)13/h4-6,15H,7H2,1-3H3. The zero-order valence-corrected chi connectivity index (χ0v) is 10.8. The van der Waals surface area contributed by atoms with Crippen molar-refractivity contribution >= 4 is 23.3 Å². The van der Waals surface area contributed by atoms with Crippen molar-refractivity contribution in [3.05, 3.63) is 29.0 Å². The highest BCUT2D eigenvalue weighted by molar-refractivity contribution is 6.33. The second-order valence-corrected chi connectivity index (χ2v) is 4.76. The molecule has 0 bridgehead atoms. The van der Waals surface area contributed by atoms with E-state index in [9.17, 15) is 9.18 Å². The number of esters is 1. The third-order valence-electron chi connectivity index (χ3n) is 2.39. The van der Waals surface area contributed by atoms with Gasteiger partial charge in [0.2, 0.25) is 0 Å². The molecule has 0 saturated carbocycles. The SMILES string of the molecule is COC(=O)C(C)(C)CNc1ccc(F)cc1Cl. The van der Waals surface area contributed by atoms with Crippen molar-refractivity contribution in [2.24, 2.45) is 5.41 Å². The normalized spacial score (nSPS) is 11.1. The molecule has 1 aromatic carbocycles. The molecule has 1 aromatic rings. The number of nitrogens with one attached hydrogen (secondary N) is 1. The number of ether oxygens (including phenoxy) is 1. The minimum Gasteiger partial charge on any atom is -0.469 e. The van der Waals surface area contributed by atoms with Crippen molar-refractivity contribution in [3.63, 3.8) is 0 Å². The van der Waals surface area contributed by atoms with Crippen LogP contribution in [-0.4, -0.2) is 19.6 Å². The molecule has 5 heteroatoms. The molecule has 0 atom stereocenters. The Hall–Kier alpha value is -1.29. The first-order valence-electron chi connectivity index (χ1n) is 5.14. The molecule has 0 spiro atoms. The van der Waals surface area contributed by atoms with Gasteiger partial charge in [-0.05, 0) is 32.0 Å². The second-order valence-electron chi connectivity index (χ2n) is 4.35. The van der Waals surface area contributed by atoms with Crippen molar-refractivity contribution in [2.75, 3.05) is 19.0 Å². The van der Waals surface area contributed by atoms with E-state index < -0.39 is 11.2 Å². The lowest BCUT2D eigenvalue weighted by Crippen LogP contribution is -2.33. The Balaban J connectivity index is 2.70. The maximum Gasteiger partial charge on any atom is 0.313 e. The van der Waals surface area contributed by atoms with Crippen molar-refractivity contribution in [1.82, 2.24) is 0 Å². The largest absolute Gasteiger partial charge is 0.469 e. The molecule has 0 amide bonds. The Morgan fingerprint density at radius 1 is 1.53 bits per heavy atom. The zero-order chi connectivity index (χ0) is 13.1. The average molecular weight is 260 g/mol. The quantitative estimate of drug-likeness (QED) is 0.845. The van der Waals surface area contributed by atoms with E-state index in [0.29, 0.717) is 12.2 Å². The lowest BCUT2D eigenvalue weighted by molar-refractivity contribution is -0.149. The Morgan fingerprint density at radius 3 is 2.71 bits per heavy atom. The lowest BCUT2D eigenvalue weighted by atomic mass is 9.93. The summed E-state index contributed by atoms with van der Waals surface area (Å²) in [5.74, 6) is -0.712. The van der Waals surface area contributed by atoms with Crippen molar-refractivity contribution in [2.45, 2.75) is 13.8 Å². The van der Waals surface area contributed by atoms with Gasteiger partial charge < -0.3 is 10.1 Å². The third kappa shape index (κ3) is 3.60. The second kappa shape index (κ2) is 5.36. The Morgan fingerprint density at radius 2 is 2.18 bits per heavy atom. The molecule has 0 fully saturated rings. The monoisotopic (exact) mass is 259 g/mol. The summed E-state index contributed by atoms with van der Waals surface area (Å²) in [5, 5.41) is 3.28. The number of methoxy groups -OCH3 is 1. The minimum atomic E-state index is -0.674. The van der Waals surface area contributed by atoms with Crippen LogP contribution in [0.1, 0.15) is 13.8 Å². The molecule has 0 saturated heterocycles. The van der Waals surface area contributed by atoms with E-state index >= 15 is 0 Å². The van der Waals surface area contributed by atoms with Gasteiger partial charge in [0.05, 0.1) is 23.2 Å². The number of anilines is 1. The van der Waals surface area contributed by atoms with Crippen LogP contribution in [-0.2, 0) is 9.53 Å². The highest BCUT2D eigenvalue weighted by atomic mass is 35.5. The van der Waals surface area contributed by atoms with Gasteiger partial charge in [0, 0.05) is 6.54 Å². The fourth-order valence-corrected chi connectivity index (χ4v) is 1.53. The van der Waals surface area contributed by atoms with E-state index in [1.54, 1.807) is 13.8 Å². The van der Waals surface area contributed by atoms with Gasteiger partial charge in [0.25, 0.3) is 0 Å². The van der Waals surface area contributed by atoms with Crippen LogP contribution >= 0.6 is 11.6 Å². The predicted octanol–water partition coefficient (Wildman–Crippen LogP) is 3.09. The molecule has 0 aliphatic rings. The summed E-state index contributed by atoms with van der Waals surface area (Å²) < 4.78 is 17.5. The van der Waals surface area contributed by atoms with Crippen molar-refractivity contribution < 1.29 is 13.9 Å². The van der Waals surface area contributed by atoms with Crippen LogP contribution in [0.2, 0.25) is 5.02 Å². The van der Waals surface area contributed by atoms with Gasteiger partial charge in [-0.1, -0.05) is 11.6 Å². The van der Waals surface area contributed by atoms with E-state index in [1.165, 1.54) is 25.3 Å². The van der Waals surface area contributed by atoms with E-state index in [0.717, 1.165) is 0 Å². The predicted molar refractivity (Wildman–Crippen MR) is 65.7 cm³/mol. The van der Waals surface area contributed by atoms with Gasteiger partial charge in [-0.2, -0.15) is 0 Å². The molecule has 0 unspecified atom stereocenters. The number of carbonyl (C=O) groups excluding carboxylic acids is 1. The maximum atomic E-state index is 12.8. The fourth-order valence-electron chi connectivity index (χ4n) is 1.30. The molecule has 94 valence electrons. The lowest BCUT2D eigenvalue weighted by Gasteiger charge is -2.22. The Labute approximate surface area is 105 Å². The molecule has 17 heavy (non-hydrogen) atoms. The number of carbonyl (C=O) groups is 1. The van der Waals surface area contributed by atoms with Crippen LogP contribution in [0, 0.1) is 11.2 Å². The van der Waals surface area contributed by atoms with Gasteiger partial charge >= 0.3 is 5.97 Å². The molecule has 0 heterocycles. The average Bonchev–Trinajstić information content (AvgIpc) is 2.26. The van der Waals surface area contributed by atoms with Crippen LogP contribution in [0.5, 0.6) is 0 Å². The number of hydrogen-bond acceptors (Lipinski definition) is 3. The first-order valence-corrected chi connectivity index (χ1v) is 5.52. The maximum absolute atomic E-state index is 12.8. The highest BCUT2D eigenvalue weighted by Gasteiger charge is 2.28. The zero-order valence-electron chi connectivity index (χ0n) is 10.0. The summed E-state index contributed by atoms with van der Waals surface area (Å²) in [6, 6.07) is 4.05. The van der Waals surface area contributed by atoms with E-state index in [4.69, 9.17) is 11.6 Å². The summed E-state index contributed by atoms with van der Waals surface area (Å²) in [4.78, 5) is 11.4. The van der Waals surface area contributed by atoms with Crippen molar-refractivity contribution in [1.29, 1.82) is 0 Å². The van der Waals surface area contributed by atoms with Crippen molar-refractivity contribution in [3.8, 4) is 0 Å². The number of halogens is 2. The van der Waals surface area contributed by atoms with Gasteiger partial charge in [-0.25, -0.2) is 4.39 Å². The van der Waals surface area contributed by atoms with E-state index in [1.807, 2.05) is 0 Å². The van der Waals surface area contributed by atoms with Gasteiger partial charge in [0.1, 0.15) is 5.82 Å². The summed E-state index contributed by atoms with van der Waals surface area (Å²) in [5.41, 5.74) is -0.0861. The van der Waals surface area contributed by atoms with Crippen LogP contribution < -0.4 is 5.32 Å². The molecule has 1 rings (SSSR count). The summed E-state index contributed by atoms with van der Waals surface area (Å²) >= 11 is 5.85. The third-order valence-corrected chi connectivity index (χ3v) is 2.70. The Bertz CT molecular complexity index is 421. The highest BCUT2D eigenvalue weighted by Crippen LogP contribution is 2.25. The number of hydrogen-bond donors (Lipinski definition) is 1. The first-order chi connectivity index (χ1) is 7.86. The van der Waals surface area contributed by atoms with Gasteiger partial charge in [-0.15, -0.1) is 0 Å². The van der Waals surface area contributed by atoms with Crippen LogP contribution in [0.15, 0.2) is 18.2 Å². The molecular formula is C12H15ClFNO2. The smallest absolute Gasteiger partial charge is 0.313 e. The summed E-state index contributed by atoms with van der Waals surface area (Å²) in [7, 11) is 1.34. The van der Waals surface area contributed by atoms with Crippen LogP contribution in [0.25, 0.3) is 0 Å². The molecular weight excluding hydrogens is 245 g/mol. The minimum absolute atomic E-state index is 0.283. The Kier molecular flexibility index (Phi) is 4.34. The topological polar surface area (TPSA) is 38.3 Å². The van der Waals surface area contributed by atoms with E-state index in [2.05, 4.69) is 10.1 Å². The number of rotatable bonds is 4. The molecule has 0 aliphatic heterocycles. The van der Waals surface area contributed by atoms with E-state index in [-0.39, 0.29) is 11.0 Å². The summed E-state index contributed by atoms with van der Waals surface area (Å²) in [6.07, 6.45) is 0. The van der Waals surface area contributed by atoms with Crippen LogP contribution in [0.3, 0.4) is 0 Å². The number of benzene rings is 1. The molecule has 3 nitrogen and oxygen atoms in total. The molecule has 0 aliphatic carbocycles.